The molecule has 0 aliphatic carbocycles. The van der Waals surface area contributed by atoms with E-state index in [2.05, 4.69) is 20.3 Å². The Hall–Kier alpha value is -1.85. The number of rotatable bonds is 0. The smallest absolute Gasteiger partial charge is 0.433 e. The predicted molar refractivity (Wildman–Crippen MR) is 57.7 cm³/mol. The molecule has 1 aliphatic rings. The number of nitrogen functional groups attached to an aromatic ring is 1. The topological polar surface area (TPSA) is 87.2 Å². The van der Waals surface area contributed by atoms with E-state index in [9.17, 15) is 0 Å². The second-order valence-corrected chi connectivity index (χ2v) is 4.21. The van der Waals surface area contributed by atoms with Gasteiger partial charge in [-0.05, 0) is 25.8 Å². The molecule has 0 saturated heterocycles. The Labute approximate surface area is 87.6 Å². The molecule has 1 aromatic heterocycles. The molecule has 0 spiro atoms. The molecular formula is C9H13N5O+. The van der Waals surface area contributed by atoms with Gasteiger partial charge in [0.2, 0.25) is 5.69 Å². The molecule has 3 N–H and O–H groups in total. The molecule has 0 aromatic carbocycles. The summed E-state index contributed by atoms with van der Waals surface area (Å²) in [5.74, 6) is 0.887. The van der Waals surface area contributed by atoms with Gasteiger partial charge in [-0.1, -0.05) is 4.98 Å². The average Bonchev–Trinajstić information content (AvgIpc) is 2.45. The number of aliphatic imine (C=N–C) groups is 1. The third kappa shape index (κ3) is 1.98. The van der Waals surface area contributed by atoms with Crippen LogP contribution < -0.4 is 16.0 Å². The Morgan fingerprint density at radius 3 is 2.73 bits per heavy atom. The van der Waals surface area contributed by atoms with E-state index >= 15 is 0 Å². The highest BCUT2D eigenvalue weighted by atomic mass is 16.5. The van der Waals surface area contributed by atoms with Crippen molar-refractivity contribution in [3.63, 3.8) is 0 Å². The standard InChI is InChI=1S/C9H13N5O/c1-9(2,3)15-8-13-5-6(10)11-4-12-7(5)14-8/h4,13H,1-3H3,(H2,10,11,12)/q+1. The van der Waals surface area contributed by atoms with Crippen molar-refractivity contribution < 1.29 is 4.74 Å². The third-order valence-corrected chi connectivity index (χ3v) is 1.70. The lowest BCUT2D eigenvalue weighted by molar-refractivity contribution is 0.116. The minimum Gasteiger partial charge on any atom is -0.435 e. The maximum atomic E-state index is 5.66. The largest absolute Gasteiger partial charge is 0.435 e. The Morgan fingerprint density at radius 1 is 1.40 bits per heavy atom. The quantitative estimate of drug-likeness (QED) is 0.651. The predicted octanol–water partition coefficient (Wildman–Crippen LogP) is 0.623. The molecule has 0 saturated carbocycles. The zero-order chi connectivity index (χ0) is 11.1. The van der Waals surface area contributed by atoms with Gasteiger partial charge in [0, 0.05) is 0 Å². The van der Waals surface area contributed by atoms with E-state index in [1.54, 1.807) is 0 Å². The highest BCUT2D eigenvalue weighted by molar-refractivity contribution is 6.00. The fourth-order valence-corrected chi connectivity index (χ4v) is 1.16. The van der Waals surface area contributed by atoms with Crippen molar-refractivity contribution >= 4 is 23.3 Å². The molecule has 6 heteroatoms. The zero-order valence-electron chi connectivity index (χ0n) is 8.90. The van der Waals surface area contributed by atoms with Crippen molar-refractivity contribution in [3.05, 3.63) is 6.33 Å². The Morgan fingerprint density at radius 2 is 2.13 bits per heavy atom. The molecule has 15 heavy (non-hydrogen) atoms. The number of aromatic nitrogens is 2. The minimum atomic E-state index is -0.309. The molecule has 0 atom stereocenters. The fraction of sp³-hybridized carbons (Fsp3) is 0.444. The molecule has 1 radical (unpaired) electrons. The number of nitrogens with two attached hydrogens (primary N) is 1. The SMILES string of the molecule is CC(C)(C)OC1=[N+]c2ncnc(N)c2N1. The normalized spacial score (nSPS) is 14.2. The molecule has 0 unspecified atom stereocenters. The number of nitrogens with zero attached hydrogens (tertiary/aromatic N) is 3. The van der Waals surface area contributed by atoms with E-state index in [1.807, 2.05) is 20.8 Å². The van der Waals surface area contributed by atoms with Gasteiger partial charge < -0.3 is 10.5 Å². The van der Waals surface area contributed by atoms with Crippen LogP contribution in [0.1, 0.15) is 20.8 Å². The number of hydrogen-bond donors (Lipinski definition) is 2. The number of fused-ring (bicyclic) bond motifs is 1. The second kappa shape index (κ2) is 3.08. The molecule has 2 heterocycles. The van der Waals surface area contributed by atoms with Crippen molar-refractivity contribution in [1.29, 1.82) is 0 Å². The molecule has 1 aromatic rings. The van der Waals surface area contributed by atoms with E-state index in [1.165, 1.54) is 6.33 Å². The van der Waals surface area contributed by atoms with Crippen LogP contribution in [0.2, 0.25) is 0 Å². The number of anilines is 2. The number of amidine groups is 1. The summed E-state index contributed by atoms with van der Waals surface area (Å²) in [4.78, 5) is 12.0. The summed E-state index contributed by atoms with van der Waals surface area (Å²) in [6.07, 6.45) is 1.37. The van der Waals surface area contributed by atoms with E-state index in [-0.39, 0.29) is 5.60 Å². The van der Waals surface area contributed by atoms with Gasteiger partial charge in [0.05, 0.1) is 0 Å². The third-order valence-electron chi connectivity index (χ3n) is 1.70. The molecule has 1 aliphatic heterocycles. The van der Waals surface area contributed by atoms with Crippen LogP contribution in [0, 0.1) is 0 Å². The minimum absolute atomic E-state index is 0.309. The summed E-state index contributed by atoms with van der Waals surface area (Å²) in [7, 11) is 0. The van der Waals surface area contributed by atoms with E-state index < -0.39 is 0 Å². The zero-order valence-corrected chi connectivity index (χ0v) is 8.90. The van der Waals surface area contributed by atoms with Gasteiger partial charge in [0.25, 0.3) is 0 Å². The molecule has 79 valence electrons. The summed E-state index contributed by atoms with van der Waals surface area (Å²) in [5, 5.41) is 2.94. The van der Waals surface area contributed by atoms with E-state index in [0.717, 1.165) is 0 Å². The van der Waals surface area contributed by atoms with Gasteiger partial charge in [0.15, 0.2) is 12.1 Å². The highest BCUT2D eigenvalue weighted by Crippen LogP contribution is 2.27. The van der Waals surface area contributed by atoms with Crippen LogP contribution in [0.3, 0.4) is 0 Å². The van der Waals surface area contributed by atoms with Crippen molar-refractivity contribution in [1.82, 2.24) is 15.0 Å². The van der Waals surface area contributed by atoms with E-state index in [0.29, 0.717) is 23.3 Å². The lowest BCUT2D eigenvalue weighted by atomic mass is 10.2. The number of hydrogen-bond acceptors (Lipinski definition) is 6. The summed E-state index contributed by atoms with van der Waals surface area (Å²) < 4.78 is 5.55. The van der Waals surface area contributed by atoms with Gasteiger partial charge in [-0.15, -0.1) is 0 Å². The first-order valence-electron chi connectivity index (χ1n) is 4.61. The van der Waals surface area contributed by atoms with Crippen LogP contribution in [-0.2, 0) is 4.74 Å². The highest BCUT2D eigenvalue weighted by Gasteiger charge is 2.31. The Bertz CT molecular complexity index is 421. The first kappa shape index (κ1) is 9.70. The van der Waals surface area contributed by atoms with Gasteiger partial charge >= 0.3 is 11.8 Å². The Kier molecular flexibility index (Phi) is 1.99. The van der Waals surface area contributed by atoms with Crippen molar-refractivity contribution in [2.24, 2.45) is 0 Å². The lowest BCUT2D eigenvalue weighted by Crippen LogP contribution is -2.28. The monoisotopic (exact) mass is 207 g/mol. The maximum Gasteiger partial charge on any atom is 0.433 e. The van der Waals surface area contributed by atoms with Crippen LogP contribution in [0.15, 0.2) is 6.33 Å². The van der Waals surface area contributed by atoms with Crippen molar-refractivity contribution in [2.75, 3.05) is 11.1 Å². The molecular weight excluding hydrogens is 194 g/mol. The van der Waals surface area contributed by atoms with Gasteiger partial charge in [-0.2, -0.15) is 4.98 Å². The van der Waals surface area contributed by atoms with Crippen molar-refractivity contribution in [2.45, 2.75) is 26.4 Å². The number of ether oxygens (including phenoxy) is 1. The second-order valence-electron chi connectivity index (χ2n) is 4.21. The van der Waals surface area contributed by atoms with Crippen molar-refractivity contribution in [3.8, 4) is 0 Å². The van der Waals surface area contributed by atoms with Gasteiger partial charge in [-0.3, -0.25) is 0 Å². The molecule has 0 fully saturated rings. The summed E-state index contributed by atoms with van der Waals surface area (Å²) in [6, 6.07) is 0.407. The first-order chi connectivity index (χ1) is 6.96. The average molecular weight is 207 g/mol. The first-order valence-corrected chi connectivity index (χ1v) is 4.61. The lowest BCUT2D eigenvalue weighted by Gasteiger charge is -2.17. The summed E-state index contributed by atoms with van der Waals surface area (Å²) >= 11 is 0. The van der Waals surface area contributed by atoms with Crippen LogP contribution >= 0.6 is 0 Å². The van der Waals surface area contributed by atoms with Gasteiger partial charge in [0.1, 0.15) is 5.60 Å². The fourth-order valence-electron chi connectivity index (χ4n) is 1.16. The summed E-state index contributed by atoms with van der Waals surface area (Å²) in [5.41, 5.74) is 5.95. The van der Waals surface area contributed by atoms with E-state index in [4.69, 9.17) is 10.5 Å². The van der Waals surface area contributed by atoms with Crippen LogP contribution in [0.5, 0.6) is 0 Å². The molecule has 0 bridgehead atoms. The van der Waals surface area contributed by atoms with Crippen LogP contribution in [0.4, 0.5) is 17.3 Å². The van der Waals surface area contributed by atoms with Crippen LogP contribution in [-0.4, -0.2) is 21.6 Å². The Balaban J connectivity index is 2.22. The van der Waals surface area contributed by atoms with Crippen LogP contribution in [0.25, 0.3) is 0 Å². The molecule has 6 nitrogen and oxygen atoms in total. The molecule has 0 amide bonds. The maximum absolute atomic E-state index is 5.66. The number of nitrogens with one attached hydrogen (secondary N) is 1. The van der Waals surface area contributed by atoms with Gasteiger partial charge in [-0.25, -0.2) is 5.32 Å². The molecule has 2 rings (SSSR count). The summed E-state index contributed by atoms with van der Waals surface area (Å²) in [6.45, 7) is 5.82.